The van der Waals surface area contributed by atoms with Gasteiger partial charge in [-0.25, -0.2) is 0 Å². The molecule has 2 aromatic heterocycles. The zero-order valence-electron chi connectivity index (χ0n) is 15.4. The van der Waals surface area contributed by atoms with Crippen molar-refractivity contribution in [1.29, 1.82) is 0 Å². The van der Waals surface area contributed by atoms with Gasteiger partial charge in [-0.3, -0.25) is 9.48 Å². The number of carbonyl (C=O) groups excluding carboxylic acids is 1. The van der Waals surface area contributed by atoms with E-state index >= 15 is 0 Å². The van der Waals surface area contributed by atoms with E-state index in [0.29, 0.717) is 28.0 Å². The molecule has 0 aliphatic heterocycles. The first-order chi connectivity index (χ1) is 14.0. The minimum Gasteiger partial charge on any atom is -0.355 e. The third kappa shape index (κ3) is 4.34. The lowest BCUT2D eigenvalue weighted by Gasteiger charge is -2.06. The molecule has 146 valence electrons. The van der Waals surface area contributed by atoms with E-state index in [2.05, 4.69) is 15.6 Å². The molecule has 4 aromatic rings. The van der Waals surface area contributed by atoms with Crippen LogP contribution >= 0.6 is 23.2 Å². The standard InChI is InChI=1S/C21H16Cl2N4O2/c1-13-5-7-14(8-6-13)20-9-19(26-29-20)21(28)25-15-10-24-27(11-15)12-16-17(22)3-2-4-18(16)23/h2-11H,12H2,1H3,(H,25,28). The molecule has 6 nitrogen and oxygen atoms in total. The van der Waals surface area contributed by atoms with Crippen LogP contribution in [0.15, 0.2) is 65.4 Å². The van der Waals surface area contributed by atoms with Crippen molar-refractivity contribution in [2.24, 2.45) is 0 Å². The van der Waals surface area contributed by atoms with Crippen LogP contribution in [0.4, 0.5) is 5.69 Å². The fourth-order valence-electron chi connectivity index (χ4n) is 2.79. The Bertz CT molecular complexity index is 1150. The number of halogens is 2. The van der Waals surface area contributed by atoms with Gasteiger partial charge in [-0.2, -0.15) is 5.10 Å². The second-order valence-electron chi connectivity index (χ2n) is 6.52. The van der Waals surface area contributed by atoms with Crippen LogP contribution < -0.4 is 5.32 Å². The van der Waals surface area contributed by atoms with E-state index in [1.807, 2.05) is 31.2 Å². The number of rotatable bonds is 5. The van der Waals surface area contributed by atoms with Gasteiger partial charge in [0.15, 0.2) is 11.5 Å². The molecule has 2 heterocycles. The summed E-state index contributed by atoms with van der Waals surface area (Å²) >= 11 is 12.4. The Morgan fingerprint density at radius 2 is 1.86 bits per heavy atom. The van der Waals surface area contributed by atoms with Crippen molar-refractivity contribution < 1.29 is 9.32 Å². The number of carbonyl (C=O) groups is 1. The molecule has 0 bridgehead atoms. The molecule has 0 unspecified atom stereocenters. The van der Waals surface area contributed by atoms with E-state index in [-0.39, 0.29) is 11.6 Å². The molecule has 8 heteroatoms. The zero-order chi connectivity index (χ0) is 20.4. The summed E-state index contributed by atoms with van der Waals surface area (Å²) < 4.78 is 6.94. The highest BCUT2D eigenvalue weighted by Crippen LogP contribution is 2.25. The van der Waals surface area contributed by atoms with Crippen molar-refractivity contribution in [2.45, 2.75) is 13.5 Å². The SMILES string of the molecule is Cc1ccc(-c2cc(C(=O)Nc3cnn(Cc4c(Cl)cccc4Cl)c3)no2)cc1. The number of nitrogens with one attached hydrogen (secondary N) is 1. The van der Waals surface area contributed by atoms with Crippen molar-refractivity contribution in [1.82, 2.24) is 14.9 Å². The third-order valence-corrected chi connectivity index (χ3v) is 5.06. The van der Waals surface area contributed by atoms with E-state index in [4.69, 9.17) is 27.7 Å². The Kier molecular flexibility index (Phi) is 5.38. The summed E-state index contributed by atoms with van der Waals surface area (Å²) in [5.41, 5.74) is 3.46. The minimum atomic E-state index is -0.387. The maximum absolute atomic E-state index is 12.5. The van der Waals surface area contributed by atoms with Crippen molar-refractivity contribution in [3.8, 4) is 11.3 Å². The number of aryl methyl sites for hydroxylation is 1. The lowest BCUT2D eigenvalue weighted by atomic mass is 10.1. The zero-order valence-corrected chi connectivity index (χ0v) is 16.9. The summed E-state index contributed by atoms with van der Waals surface area (Å²) in [6, 6.07) is 14.7. The Hall–Kier alpha value is -3.09. The first-order valence-electron chi connectivity index (χ1n) is 8.80. The van der Waals surface area contributed by atoms with Gasteiger partial charge in [-0.05, 0) is 19.1 Å². The van der Waals surface area contributed by atoms with Gasteiger partial charge in [0.25, 0.3) is 5.91 Å². The van der Waals surface area contributed by atoms with Crippen molar-refractivity contribution in [2.75, 3.05) is 5.32 Å². The van der Waals surface area contributed by atoms with E-state index < -0.39 is 0 Å². The number of hydrogen-bond acceptors (Lipinski definition) is 4. The molecule has 4 rings (SSSR count). The maximum atomic E-state index is 12.5. The molecule has 29 heavy (non-hydrogen) atoms. The topological polar surface area (TPSA) is 73.0 Å². The van der Waals surface area contributed by atoms with Gasteiger partial charge in [-0.15, -0.1) is 0 Å². The van der Waals surface area contributed by atoms with Crippen molar-refractivity contribution in [3.63, 3.8) is 0 Å². The predicted octanol–water partition coefficient (Wildman–Crippen LogP) is 5.45. The van der Waals surface area contributed by atoms with Gasteiger partial charge in [0.05, 0.1) is 18.4 Å². The molecule has 2 aromatic carbocycles. The molecule has 0 saturated heterocycles. The van der Waals surface area contributed by atoms with E-state index in [0.717, 1.165) is 16.7 Å². The molecule has 0 fully saturated rings. The van der Waals surface area contributed by atoms with Crippen LogP contribution in [0.3, 0.4) is 0 Å². The van der Waals surface area contributed by atoms with Gasteiger partial charge in [0.2, 0.25) is 0 Å². The summed E-state index contributed by atoms with van der Waals surface area (Å²) in [6.45, 7) is 2.39. The number of nitrogens with zero attached hydrogens (tertiary/aromatic N) is 3. The Labute approximate surface area is 177 Å². The summed E-state index contributed by atoms with van der Waals surface area (Å²) in [4.78, 5) is 12.5. The summed E-state index contributed by atoms with van der Waals surface area (Å²) in [7, 11) is 0. The van der Waals surface area contributed by atoms with Crippen LogP contribution in [-0.2, 0) is 6.54 Å². The number of amides is 1. The molecule has 1 N–H and O–H groups in total. The second-order valence-corrected chi connectivity index (χ2v) is 7.34. The summed E-state index contributed by atoms with van der Waals surface area (Å²) in [5, 5.41) is 12.0. The lowest BCUT2D eigenvalue weighted by molar-refractivity contribution is 0.101. The molecule has 0 radical (unpaired) electrons. The van der Waals surface area contributed by atoms with E-state index in [9.17, 15) is 4.79 Å². The number of anilines is 1. The van der Waals surface area contributed by atoms with E-state index in [1.165, 1.54) is 0 Å². The fourth-order valence-corrected chi connectivity index (χ4v) is 3.31. The number of benzene rings is 2. The largest absolute Gasteiger partial charge is 0.355 e. The molecule has 0 saturated carbocycles. The smallest absolute Gasteiger partial charge is 0.277 e. The molecule has 0 spiro atoms. The van der Waals surface area contributed by atoms with Crippen LogP contribution in [0.2, 0.25) is 10.0 Å². The third-order valence-electron chi connectivity index (χ3n) is 4.35. The molecule has 1 amide bonds. The first-order valence-corrected chi connectivity index (χ1v) is 9.55. The van der Waals surface area contributed by atoms with Crippen LogP contribution in [-0.4, -0.2) is 20.8 Å². The second kappa shape index (κ2) is 8.11. The van der Waals surface area contributed by atoms with Crippen LogP contribution in [0.5, 0.6) is 0 Å². The van der Waals surface area contributed by atoms with Crippen LogP contribution in [0.25, 0.3) is 11.3 Å². The minimum absolute atomic E-state index is 0.183. The highest BCUT2D eigenvalue weighted by Gasteiger charge is 2.15. The molecular formula is C21H16Cl2N4O2. The van der Waals surface area contributed by atoms with Gasteiger partial charge in [0.1, 0.15) is 0 Å². The van der Waals surface area contributed by atoms with Gasteiger partial charge in [-0.1, -0.05) is 64.3 Å². The van der Waals surface area contributed by atoms with Gasteiger partial charge in [0, 0.05) is 33.4 Å². The van der Waals surface area contributed by atoms with Crippen LogP contribution in [0, 0.1) is 6.92 Å². The van der Waals surface area contributed by atoms with Gasteiger partial charge >= 0.3 is 0 Å². The summed E-state index contributed by atoms with van der Waals surface area (Å²) in [6.07, 6.45) is 3.24. The van der Waals surface area contributed by atoms with Crippen molar-refractivity contribution >= 4 is 34.8 Å². The molecular weight excluding hydrogens is 411 g/mol. The number of aromatic nitrogens is 3. The number of hydrogen-bond donors (Lipinski definition) is 1. The molecule has 0 aliphatic rings. The average molecular weight is 427 g/mol. The highest BCUT2D eigenvalue weighted by atomic mass is 35.5. The Balaban J connectivity index is 1.45. The van der Waals surface area contributed by atoms with Crippen molar-refractivity contribution in [3.05, 3.63) is 87.8 Å². The van der Waals surface area contributed by atoms with Gasteiger partial charge < -0.3 is 9.84 Å². The summed E-state index contributed by atoms with van der Waals surface area (Å²) in [5.74, 6) is 0.140. The molecule has 0 aliphatic carbocycles. The fraction of sp³-hybridized carbons (Fsp3) is 0.0952. The quantitative estimate of drug-likeness (QED) is 0.460. The highest BCUT2D eigenvalue weighted by molar-refractivity contribution is 6.35. The first kappa shape index (κ1) is 19.2. The monoisotopic (exact) mass is 426 g/mol. The molecule has 0 atom stereocenters. The van der Waals surface area contributed by atoms with E-state index in [1.54, 1.807) is 41.3 Å². The maximum Gasteiger partial charge on any atom is 0.277 e. The Morgan fingerprint density at radius 3 is 2.59 bits per heavy atom. The lowest BCUT2D eigenvalue weighted by Crippen LogP contribution is -2.11. The Morgan fingerprint density at radius 1 is 1.14 bits per heavy atom. The average Bonchev–Trinajstić information content (AvgIpc) is 3.35. The predicted molar refractivity (Wildman–Crippen MR) is 112 cm³/mol. The van der Waals surface area contributed by atoms with Crippen LogP contribution in [0.1, 0.15) is 21.6 Å². The normalized spacial score (nSPS) is 10.9.